The maximum absolute atomic E-state index is 13.2. The summed E-state index contributed by atoms with van der Waals surface area (Å²) < 4.78 is 39.5. The normalized spacial score (nSPS) is 14.1. The Morgan fingerprint density at radius 1 is 0.976 bits per heavy atom. The van der Waals surface area contributed by atoms with Crippen molar-refractivity contribution in [1.29, 1.82) is 0 Å². The van der Waals surface area contributed by atoms with E-state index >= 15 is 0 Å². The molecule has 2 aromatic carbocycles. The fourth-order valence-electron chi connectivity index (χ4n) is 4.46. The van der Waals surface area contributed by atoms with Crippen LogP contribution in [-0.2, 0) is 12.7 Å². The molecule has 9 nitrogen and oxygen atoms in total. The molecule has 0 saturated carbocycles. The minimum atomic E-state index is -4.64. The summed E-state index contributed by atoms with van der Waals surface area (Å²) in [6.07, 6.45) is -4.64. The molecule has 220 valence electrons. The Bertz CT molecular complexity index is 1560. The predicted molar refractivity (Wildman–Crippen MR) is 160 cm³/mol. The van der Waals surface area contributed by atoms with Gasteiger partial charge in [-0.2, -0.15) is 28.1 Å². The number of halogens is 4. The van der Waals surface area contributed by atoms with Crippen LogP contribution in [0, 0.1) is 13.8 Å². The summed E-state index contributed by atoms with van der Waals surface area (Å²) in [6, 6.07) is 11.8. The first kappa shape index (κ1) is 29.5. The van der Waals surface area contributed by atoms with E-state index in [4.69, 9.17) is 11.6 Å². The number of urea groups is 1. The number of alkyl halides is 3. The second-order valence-corrected chi connectivity index (χ2v) is 11.2. The lowest BCUT2D eigenvalue weighted by atomic mass is 10.2. The Hall–Kier alpha value is -3.94. The summed E-state index contributed by atoms with van der Waals surface area (Å²) in [5.41, 5.74) is 0.857. The van der Waals surface area contributed by atoms with E-state index in [9.17, 15) is 18.0 Å². The van der Waals surface area contributed by atoms with E-state index in [1.54, 1.807) is 36.5 Å². The molecule has 0 bridgehead atoms. The monoisotopic (exact) mass is 616 g/mol. The molecule has 5 rings (SSSR count). The van der Waals surface area contributed by atoms with Crippen molar-refractivity contribution in [2.24, 2.45) is 0 Å². The first-order valence-electron chi connectivity index (χ1n) is 13.1. The Morgan fingerprint density at radius 3 is 2.38 bits per heavy atom. The second-order valence-electron chi connectivity index (χ2n) is 9.77. The number of piperazine rings is 1. The first-order valence-corrected chi connectivity index (χ1v) is 14.3. The molecule has 3 heterocycles. The summed E-state index contributed by atoms with van der Waals surface area (Å²) in [5.74, 6) is 1.52. The van der Waals surface area contributed by atoms with Crippen LogP contribution in [0.4, 0.5) is 46.9 Å². The highest BCUT2D eigenvalue weighted by Gasteiger charge is 2.33. The zero-order valence-electron chi connectivity index (χ0n) is 22.8. The number of aryl methyl sites for hydroxylation is 2. The van der Waals surface area contributed by atoms with Crippen molar-refractivity contribution in [2.45, 2.75) is 26.6 Å². The number of hydrogen-bond acceptors (Lipinski definition) is 8. The van der Waals surface area contributed by atoms with Crippen molar-refractivity contribution in [2.75, 3.05) is 47.0 Å². The summed E-state index contributed by atoms with van der Waals surface area (Å²) in [5, 5.41) is 9.91. The minimum Gasteiger partial charge on any atom is -0.338 e. The zero-order chi connectivity index (χ0) is 29.9. The lowest BCUT2D eigenvalue weighted by molar-refractivity contribution is -0.137. The molecule has 0 unspecified atom stereocenters. The van der Waals surface area contributed by atoms with Crippen LogP contribution in [0.3, 0.4) is 0 Å². The van der Waals surface area contributed by atoms with Crippen LogP contribution in [0.2, 0.25) is 5.02 Å². The topological polar surface area (TPSA) is 98.3 Å². The van der Waals surface area contributed by atoms with Gasteiger partial charge in [0.05, 0.1) is 10.6 Å². The number of aromatic nitrogens is 3. The van der Waals surface area contributed by atoms with Crippen molar-refractivity contribution in [1.82, 2.24) is 19.9 Å². The van der Waals surface area contributed by atoms with Gasteiger partial charge in [0, 0.05) is 54.7 Å². The van der Waals surface area contributed by atoms with E-state index in [2.05, 4.69) is 58.2 Å². The van der Waals surface area contributed by atoms with Crippen molar-refractivity contribution < 1.29 is 18.0 Å². The van der Waals surface area contributed by atoms with E-state index in [-0.39, 0.29) is 5.69 Å². The number of carbonyl (C=O) groups excluding carboxylic acids is 1. The molecule has 14 heteroatoms. The number of nitrogens with one attached hydrogen (secondary N) is 3. The van der Waals surface area contributed by atoms with Gasteiger partial charge in [0.15, 0.2) is 0 Å². The molecule has 42 heavy (non-hydrogen) atoms. The van der Waals surface area contributed by atoms with E-state index in [0.717, 1.165) is 50.4 Å². The van der Waals surface area contributed by atoms with Gasteiger partial charge in [-0.25, -0.2) is 4.79 Å². The van der Waals surface area contributed by atoms with E-state index in [1.165, 1.54) is 10.9 Å². The number of rotatable bonds is 7. The molecule has 1 aliphatic rings. The third kappa shape index (κ3) is 7.46. The van der Waals surface area contributed by atoms with Crippen molar-refractivity contribution in [3.8, 4) is 0 Å². The van der Waals surface area contributed by atoms with Crippen LogP contribution in [0.1, 0.15) is 21.8 Å². The molecule has 0 radical (unpaired) electrons. The highest BCUT2D eigenvalue weighted by atomic mass is 35.5. The average Bonchev–Trinajstić information content (AvgIpc) is 3.44. The van der Waals surface area contributed by atoms with Gasteiger partial charge < -0.3 is 20.9 Å². The number of benzene rings is 2. The van der Waals surface area contributed by atoms with Crippen LogP contribution >= 0.6 is 22.9 Å². The minimum absolute atomic E-state index is 0.0461. The number of hydrogen-bond donors (Lipinski definition) is 3. The number of carbonyl (C=O) groups is 1. The van der Waals surface area contributed by atoms with Gasteiger partial charge in [0.1, 0.15) is 5.82 Å². The van der Waals surface area contributed by atoms with E-state index in [0.29, 0.717) is 29.1 Å². The standard InChI is InChI=1S/C28H28ClF3N8OS/c1-17-5-6-20(36-27(41)35-19-7-8-23(29)22(14-19)28(30,31)32)15-24(17)37-25-33-18(2)34-26(38-25)40-11-9-39(10-12-40)16-21-4-3-13-42-21/h3-8,13-15H,9-12,16H2,1-2H3,(H2,35,36,41)(H,33,34,37,38). The smallest absolute Gasteiger partial charge is 0.338 e. The predicted octanol–water partition coefficient (Wildman–Crippen LogP) is 6.93. The Balaban J connectivity index is 1.23. The van der Waals surface area contributed by atoms with Crippen LogP contribution in [0.25, 0.3) is 0 Å². The van der Waals surface area contributed by atoms with E-state index in [1.807, 2.05) is 6.92 Å². The molecule has 2 aromatic heterocycles. The number of amides is 2. The zero-order valence-corrected chi connectivity index (χ0v) is 24.4. The fourth-order valence-corrected chi connectivity index (χ4v) is 5.43. The van der Waals surface area contributed by atoms with Gasteiger partial charge in [-0.05, 0) is 61.2 Å². The Labute approximate surface area is 249 Å². The summed E-state index contributed by atoms with van der Waals surface area (Å²) in [6.45, 7) is 8.01. The number of nitrogens with zero attached hydrogens (tertiary/aromatic N) is 5. The molecule has 0 spiro atoms. The van der Waals surface area contributed by atoms with Crippen LogP contribution < -0.4 is 20.9 Å². The van der Waals surface area contributed by atoms with Crippen molar-refractivity contribution >= 4 is 57.9 Å². The molecule has 1 fully saturated rings. The summed E-state index contributed by atoms with van der Waals surface area (Å²) in [4.78, 5) is 32.1. The molecule has 1 saturated heterocycles. The maximum atomic E-state index is 13.2. The summed E-state index contributed by atoms with van der Waals surface area (Å²) in [7, 11) is 0. The van der Waals surface area contributed by atoms with Crippen molar-refractivity contribution in [3.63, 3.8) is 0 Å². The molecule has 0 aliphatic carbocycles. The molecule has 3 N–H and O–H groups in total. The molecule has 2 amide bonds. The van der Waals surface area contributed by atoms with Gasteiger partial charge >= 0.3 is 12.2 Å². The van der Waals surface area contributed by atoms with Gasteiger partial charge in [0.2, 0.25) is 11.9 Å². The number of thiophene rings is 1. The molecule has 4 aromatic rings. The average molecular weight is 617 g/mol. The molecule has 1 aliphatic heterocycles. The van der Waals surface area contributed by atoms with Crippen LogP contribution in [-0.4, -0.2) is 52.1 Å². The van der Waals surface area contributed by atoms with Crippen LogP contribution in [0.5, 0.6) is 0 Å². The lowest BCUT2D eigenvalue weighted by Gasteiger charge is -2.34. The highest BCUT2D eigenvalue weighted by molar-refractivity contribution is 7.09. The number of anilines is 5. The van der Waals surface area contributed by atoms with E-state index < -0.39 is 22.8 Å². The first-order chi connectivity index (χ1) is 20.0. The molecule has 0 atom stereocenters. The highest BCUT2D eigenvalue weighted by Crippen LogP contribution is 2.36. The van der Waals surface area contributed by atoms with Gasteiger partial charge in [-0.3, -0.25) is 4.90 Å². The molecular formula is C28H28ClF3N8OS. The van der Waals surface area contributed by atoms with Gasteiger partial charge in [0.25, 0.3) is 0 Å². The lowest BCUT2D eigenvalue weighted by Crippen LogP contribution is -2.46. The fraction of sp³-hybridized carbons (Fsp3) is 0.286. The third-order valence-corrected chi connectivity index (χ3v) is 7.81. The van der Waals surface area contributed by atoms with Gasteiger partial charge in [-0.1, -0.05) is 23.7 Å². The SMILES string of the molecule is Cc1nc(Nc2cc(NC(=O)Nc3ccc(Cl)c(C(F)(F)F)c3)ccc2C)nc(N2CCN(Cc3cccs3)CC2)n1. The van der Waals surface area contributed by atoms with Gasteiger partial charge in [-0.15, -0.1) is 11.3 Å². The summed E-state index contributed by atoms with van der Waals surface area (Å²) >= 11 is 7.43. The third-order valence-electron chi connectivity index (χ3n) is 6.62. The van der Waals surface area contributed by atoms with Crippen LogP contribution in [0.15, 0.2) is 53.9 Å². The second kappa shape index (κ2) is 12.5. The Kier molecular flexibility index (Phi) is 8.80. The quantitative estimate of drug-likeness (QED) is 0.207. The van der Waals surface area contributed by atoms with Crippen molar-refractivity contribution in [3.05, 3.63) is 80.8 Å². The maximum Gasteiger partial charge on any atom is 0.417 e. The Morgan fingerprint density at radius 2 is 1.69 bits per heavy atom. The largest absolute Gasteiger partial charge is 0.417 e. The molecular weight excluding hydrogens is 589 g/mol.